The second kappa shape index (κ2) is 4.66. The zero-order valence-corrected chi connectivity index (χ0v) is 11.6. The molecule has 1 aromatic carbocycles. The van der Waals surface area contributed by atoms with E-state index in [2.05, 4.69) is 4.98 Å². The maximum Gasteiger partial charge on any atom is 0.167 e. The molecule has 1 N–H and O–H groups in total. The van der Waals surface area contributed by atoms with Crippen LogP contribution in [0.4, 0.5) is 0 Å². The number of carbonyl (C=O) groups excluding carboxylic acids is 1. The Bertz CT molecular complexity index is 623. The smallest absolute Gasteiger partial charge is 0.167 e. The highest BCUT2D eigenvalue weighted by atomic mass is 35.5. The lowest BCUT2D eigenvalue weighted by molar-refractivity contribution is -0.0704. The summed E-state index contributed by atoms with van der Waals surface area (Å²) in [6.45, 7) is 0. The van der Waals surface area contributed by atoms with E-state index in [9.17, 15) is 4.79 Å². The third-order valence-electron chi connectivity index (χ3n) is 4.15. The number of ether oxygens (including phenoxy) is 1. The molecule has 1 aliphatic carbocycles. The summed E-state index contributed by atoms with van der Waals surface area (Å²) < 4.78 is 5.52. The highest BCUT2D eigenvalue weighted by Gasteiger charge is 2.39. The molecule has 0 amide bonds. The molecule has 1 aliphatic rings. The molecule has 19 heavy (non-hydrogen) atoms. The second-order valence-corrected chi connectivity index (χ2v) is 5.61. The number of hydrogen-bond acceptors (Lipinski definition) is 2. The van der Waals surface area contributed by atoms with E-state index in [0.29, 0.717) is 17.0 Å². The van der Waals surface area contributed by atoms with E-state index in [1.54, 1.807) is 13.3 Å². The molecule has 1 saturated carbocycles. The predicted octanol–water partition coefficient (Wildman–Crippen LogP) is 3.96. The number of benzene rings is 1. The Balaban J connectivity index is 1.92. The minimum atomic E-state index is -0.237. The van der Waals surface area contributed by atoms with Crippen molar-refractivity contribution in [2.24, 2.45) is 0 Å². The molecule has 0 atom stereocenters. The van der Waals surface area contributed by atoms with Gasteiger partial charge in [-0.05, 0) is 25.3 Å². The number of H-pyrrole nitrogens is 1. The summed E-state index contributed by atoms with van der Waals surface area (Å²) in [5.74, 6) is 0.120. The van der Waals surface area contributed by atoms with E-state index >= 15 is 0 Å². The molecule has 2 aromatic rings. The Morgan fingerprint density at radius 2 is 2.26 bits per heavy atom. The van der Waals surface area contributed by atoms with Crippen molar-refractivity contribution in [3.63, 3.8) is 0 Å². The minimum Gasteiger partial charge on any atom is -0.378 e. The lowest BCUT2D eigenvalue weighted by atomic mass is 9.76. The number of ketones is 1. The molecule has 100 valence electrons. The number of aromatic nitrogens is 1. The average Bonchev–Trinajstić information content (AvgIpc) is 2.79. The summed E-state index contributed by atoms with van der Waals surface area (Å²) in [4.78, 5) is 15.5. The van der Waals surface area contributed by atoms with Crippen LogP contribution in [0.2, 0.25) is 5.02 Å². The number of aromatic amines is 1. The van der Waals surface area contributed by atoms with Crippen molar-refractivity contribution < 1.29 is 9.53 Å². The molecule has 1 fully saturated rings. The fourth-order valence-corrected chi connectivity index (χ4v) is 2.99. The van der Waals surface area contributed by atoms with E-state index in [4.69, 9.17) is 16.3 Å². The molecule has 0 unspecified atom stereocenters. The van der Waals surface area contributed by atoms with E-state index in [-0.39, 0.29) is 11.4 Å². The maximum atomic E-state index is 12.5. The van der Waals surface area contributed by atoms with E-state index in [0.717, 1.165) is 30.2 Å². The van der Waals surface area contributed by atoms with Gasteiger partial charge in [-0.25, -0.2) is 0 Å². The summed E-state index contributed by atoms with van der Waals surface area (Å²) >= 11 is 6.11. The Kier molecular flexibility index (Phi) is 3.11. The first-order valence-electron chi connectivity index (χ1n) is 6.49. The molecule has 0 spiro atoms. The average molecular weight is 278 g/mol. The molecular formula is C15H16ClNO2. The number of hydrogen-bond donors (Lipinski definition) is 1. The lowest BCUT2D eigenvalue weighted by Gasteiger charge is -2.40. The number of Topliss-reactive ketones (excluding diaryl/α,β-unsaturated/α-hetero) is 1. The molecule has 3 nitrogen and oxygen atoms in total. The number of methoxy groups -OCH3 is 1. The third kappa shape index (κ3) is 2.07. The molecule has 3 rings (SSSR count). The van der Waals surface area contributed by atoms with Gasteiger partial charge in [-0.15, -0.1) is 0 Å². The molecule has 0 saturated heterocycles. The zero-order valence-electron chi connectivity index (χ0n) is 10.8. The van der Waals surface area contributed by atoms with E-state index in [1.807, 2.05) is 18.2 Å². The van der Waals surface area contributed by atoms with E-state index < -0.39 is 0 Å². The zero-order chi connectivity index (χ0) is 13.5. The highest BCUT2D eigenvalue weighted by molar-refractivity contribution is 6.35. The molecule has 1 aromatic heterocycles. The number of para-hydroxylation sites is 1. The molecule has 4 heteroatoms. The van der Waals surface area contributed by atoms with Gasteiger partial charge in [-0.2, -0.15) is 0 Å². The number of fused-ring (bicyclic) bond motifs is 1. The van der Waals surface area contributed by atoms with Gasteiger partial charge < -0.3 is 9.72 Å². The monoisotopic (exact) mass is 277 g/mol. The van der Waals surface area contributed by atoms with Gasteiger partial charge in [0.05, 0.1) is 16.1 Å². The summed E-state index contributed by atoms with van der Waals surface area (Å²) in [6, 6.07) is 5.60. The third-order valence-corrected chi connectivity index (χ3v) is 4.46. The molecule has 1 heterocycles. The van der Waals surface area contributed by atoms with Crippen LogP contribution < -0.4 is 0 Å². The van der Waals surface area contributed by atoms with Crippen LogP contribution in [-0.4, -0.2) is 23.5 Å². The fraction of sp³-hybridized carbons (Fsp3) is 0.400. The van der Waals surface area contributed by atoms with Crippen LogP contribution in [0, 0.1) is 0 Å². The Morgan fingerprint density at radius 3 is 2.89 bits per heavy atom. The number of carbonyl (C=O) groups is 1. The van der Waals surface area contributed by atoms with Crippen LogP contribution in [-0.2, 0) is 4.74 Å². The van der Waals surface area contributed by atoms with Crippen molar-refractivity contribution in [3.05, 3.63) is 35.0 Å². The molecule has 0 aliphatic heterocycles. The van der Waals surface area contributed by atoms with E-state index in [1.165, 1.54) is 0 Å². The first-order valence-corrected chi connectivity index (χ1v) is 6.87. The Morgan fingerprint density at radius 1 is 1.47 bits per heavy atom. The van der Waals surface area contributed by atoms with Crippen molar-refractivity contribution in [1.82, 2.24) is 4.98 Å². The molecule has 0 bridgehead atoms. The van der Waals surface area contributed by atoms with Crippen LogP contribution in [0.3, 0.4) is 0 Å². The predicted molar refractivity (Wildman–Crippen MR) is 75.8 cm³/mol. The Hall–Kier alpha value is -1.32. The van der Waals surface area contributed by atoms with Crippen molar-refractivity contribution >= 4 is 28.3 Å². The molecule has 0 radical (unpaired) electrons. The number of nitrogens with one attached hydrogen (secondary N) is 1. The van der Waals surface area contributed by atoms with Crippen LogP contribution >= 0.6 is 11.6 Å². The largest absolute Gasteiger partial charge is 0.378 e. The second-order valence-electron chi connectivity index (χ2n) is 5.21. The van der Waals surface area contributed by atoms with Crippen molar-refractivity contribution in [3.8, 4) is 0 Å². The van der Waals surface area contributed by atoms with Crippen molar-refractivity contribution in [2.45, 2.75) is 31.3 Å². The van der Waals surface area contributed by atoms with Gasteiger partial charge in [0.2, 0.25) is 0 Å². The quantitative estimate of drug-likeness (QED) is 0.860. The number of halogens is 1. The summed E-state index contributed by atoms with van der Waals surface area (Å²) in [5.41, 5.74) is 1.30. The van der Waals surface area contributed by atoms with Crippen LogP contribution in [0.25, 0.3) is 10.9 Å². The SMILES string of the molecule is COC1(CC(=O)c2c[nH]c3c(Cl)cccc23)CCC1. The van der Waals surface area contributed by atoms with Gasteiger partial charge in [-0.3, -0.25) is 4.79 Å². The number of rotatable bonds is 4. The minimum absolute atomic E-state index is 0.120. The van der Waals surface area contributed by atoms with Crippen LogP contribution in [0.15, 0.2) is 24.4 Å². The summed E-state index contributed by atoms with van der Waals surface area (Å²) in [5, 5.41) is 1.53. The maximum absolute atomic E-state index is 12.5. The van der Waals surface area contributed by atoms with Gasteiger partial charge in [0.25, 0.3) is 0 Å². The topological polar surface area (TPSA) is 42.1 Å². The Labute approximate surface area is 116 Å². The first kappa shape index (κ1) is 12.7. The normalized spacial score (nSPS) is 17.4. The summed E-state index contributed by atoms with van der Waals surface area (Å²) in [7, 11) is 1.69. The highest BCUT2D eigenvalue weighted by Crippen LogP contribution is 2.39. The lowest BCUT2D eigenvalue weighted by Crippen LogP contribution is -2.41. The molecular weight excluding hydrogens is 262 g/mol. The van der Waals surface area contributed by atoms with Crippen LogP contribution in [0.1, 0.15) is 36.0 Å². The van der Waals surface area contributed by atoms with Gasteiger partial charge in [0, 0.05) is 30.7 Å². The first-order chi connectivity index (χ1) is 9.15. The van der Waals surface area contributed by atoms with Gasteiger partial charge in [0.1, 0.15) is 0 Å². The van der Waals surface area contributed by atoms with Crippen molar-refractivity contribution in [1.29, 1.82) is 0 Å². The van der Waals surface area contributed by atoms with Gasteiger partial charge in [0.15, 0.2) is 5.78 Å². The standard InChI is InChI=1S/C15H16ClNO2/c1-19-15(6-3-7-15)8-13(18)11-9-17-14-10(11)4-2-5-12(14)16/h2,4-5,9,17H,3,6-8H2,1H3. The van der Waals surface area contributed by atoms with Crippen molar-refractivity contribution in [2.75, 3.05) is 7.11 Å². The summed E-state index contributed by atoms with van der Waals surface area (Å²) in [6.07, 6.45) is 5.28. The fourth-order valence-electron chi connectivity index (χ4n) is 2.76. The van der Waals surface area contributed by atoms with Gasteiger partial charge in [-0.1, -0.05) is 23.7 Å². The van der Waals surface area contributed by atoms with Crippen LogP contribution in [0.5, 0.6) is 0 Å². The van der Waals surface area contributed by atoms with Gasteiger partial charge >= 0.3 is 0 Å².